The van der Waals surface area contributed by atoms with Crippen LogP contribution in [0.15, 0.2) is 78.9 Å². The van der Waals surface area contributed by atoms with E-state index in [1.165, 1.54) is 0 Å². The monoisotopic (exact) mass is 347 g/mol. The largest absolute Gasteiger partial charge is 0.361 e. The van der Waals surface area contributed by atoms with Gasteiger partial charge in [0, 0.05) is 11.1 Å². The van der Waals surface area contributed by atoms with Crippen molar-refractivity contribution in [2.75, 3.05) is 5.32 Å². The van der Waals surface area contributed by atoms with Crippen LogP contribution in [0.3, 0.4) is 0 Å². The van der Waals surface area contributed by atoms with Crippen LogP contribution in [-0.2, 0) is 5.54 Å². The minimum atomic E-state index is -1.50. The van der Waals surface area contributed by atoms with Gasteiger partial charge in [0.2, 0.25) is 11.6 Å². The molecule has 0 spiro atoms. The van der Waals surface area contributed by atoms with E-state index < -0.39 is 5.54 Å². The molecular weight excluding hydrogens is 334 g/mol. The third-order valence-electron chi connectivity index (χ3n) is 4.50. The Morgan fingerprint density at radius 2 is 1.20 bits per heavy atom. The van der Waals surface area contributed by atoms with E-state index in [1.807, 2.05) is 24.3 Å². The van der Waals surface area contributed by atoms with Crippen LogP contribution in [-0.4, -0.2) is 11.6 Å². The van der Waals surface area contributed by atoms with E-state index in [4.69, 9.17) is 11.6 Å². The highest BCUT2D eigenvalue weighted by Gasteiger charge is 2.54. The molecule has 0 aliphatic heterocycles. The Balaban J connectivity index is 1.95. The van der Waals surface area contributed by atoms with E-state index in [0.29, 0.717) is 27.4 Å². The predicted octanol–water partition coefficient (Wildman–Crippen LogP) is 4.73. The van der Waals surface area contributed by atoms with Gasteiger partial charge in [-0.2, -0.15) is 0 Å². The van der Waals surface area contributed by atoms with Gasteiger partial charge in [-0.1, -0.05) is 78.3 Å². The maximum atomic E-state index is 13.3. The van der Waals surface area contributed by atoms with Gasteiger partial charge in [0.1, 0.15) is 0 Å². The fourth-order valence-corrected chi connectivity index (χ4v) is 3.47. The molecule has 0 heterocycles. The number of Topliss-reactive ketones (excluding diaryl/α,β-unsaturated/α-hetero) is 2. The number of rotatable bonds is 3. The molecule has 0 bridgehead atoms. The molecule has 0 saturated carbocycles. The Hall–Kier alpha value is -2.91. The molecule has 3 nitrogen and oxygen atoms in total. The number of carbonyl (C=O) groups is 2. The molecule has 1 aliphatic carbocycles. The van der Waals surface area contributed by atoms with E-state index in [-0.39, 0.29) is 11.6 Å². The van der Waals surface area contributed by atoms with Crippen molar-refractivity contribution in [1.29, 1.82) is 0 Å². The quantitative estimate of drug-likeness (QED) is 0.697. The Bertz CT molecular complexity index is 947. The summed E-state index contributed by atoms with van der Waals surface area (Å²) in [6.07, 6.45) is 0. The van der Waals surface area contributed by atoms with Crippen LogP contribution in [0.4, 0.5) is 5.69 Å². The van der Waals surface area contributed by atoms with Crippen molar-refractivity contribution in [3.05, 3.63) is 101 Å². The Morgan fingerprint density at radius 3 is 1.80 bits per heavy atom. The molecule has 4 heteroatoms. The first kappa shape index (κ1) is 15.6. The lowest BCUT2D eigenvalue weighted by Crippen LogP contribution is -2.46. The van der Waals surface area contributed by atoms with Crippen molar-refractivity contribution >= 4 is 28.9 Å². The van der Waals surface area contributed by atoms with E-state index >= 15 is 0 Å². The minimum absolute atomic E-state index is 0.265. The van der Waals surface area contributed by atoms with Gasteiger partial charge in [-0.25, -0.2) is 0 Å². The molecule has 0 aromatic heterocycles. The van der Waals surface area contributed by atoms with Gasteiger partial charge >= 0.3 is 0 Å². The van der Waals surface area contributed by atoms with Gasteiger partial charge in [0.05, 0.1) is 10.7 Å². The molecule has 0 saturated heterocycles. The molecular formula is C21H14ClNO2. The van der Waals surface area contributed by atoms with E-state index in [0.717, 1.165) is 0 Å². The Kier molecular flexibility index (Phi) is 3.66. The van der Waals surface area contributed by atoms with Gasteiger partial charge < -0.3 is 5.32 Å². The highest BCUT2D eigenvalue weighted by molar-refractivity contribution is 6.36. The lowest BCUT2D eigenvalue weighted by Gasteiger charge is -2.29. The van der Waals surface area contributed by atoms with Crippen molar-refractivity contribution in [1.82, 2.24) is 0 Å². The number of hydrogen-bond donors (Lipinski definition) is 1. The number of carbonyl (C=O) groups excluding carboxylic acids is 2. The van der Waals surface area contributed by atoms with Crippen molar-refractivity contribution in [2.45, 2.75) is 5.54 Å². The second kappa shape index (κ2) is 5.87. The number of ketones is 2. The molecule has 0 unspecified atom stereocenters. The summed E-state index contributed by atoms with van der Waals surface area (Å²) < 4.78 is 0. The van der Waals surface area contributed by atoms with Gasteiger partial charge in [-0.3, -0.25) is 9.59 Å². The first-order valence-electron chi connectivity index (χ1n) is 7.91. The third kappa shape index (κ3) is 2.28. The topological polar surface area (TPSA) is 46.2 Å². The van der Waals surface area contributed by atoms with E-state index in [1.54, 1.807) is 54.6 Å². The minimum Gasteiger partial charge on any atom is -0.361 e. The molecule has 4 rings (SSSR count). The zero-order valence-corrected chi connectivity index (χ0v) is 14.0. The molecule has 0 fully saturated rings. The van der Waals surface area contributed by atoms with Crippen molar-refractivity contribution in [3.63, 3.8) is 0 Å². The summed E-state index contributed by atoms with van der Waals surface area (Å²) in [4.78, 5) is 26.6. The summed E-state index contributed by atoms with van der Waals surface area (Å²) in [6, 6.07) is 23.0. The van der Waals surface area contributed by atoms with Crippen molar-refractivity contribution in [3.8, 4) is 0 Å². The average Bonchev–Trinajstić information content (AvgIpc) is 2.87. The van der Waals surface area contributed by atoms with Crippen LogP contribution in [0.5, 0.6) is 0 Å². The van der Waals surface area contributed by atoms with Crippen LogP contribution < -0.4 is 5.32 Å². The molecule has 25 heavy (non-hydrogen) atoms. The molecule has 0 atom stereocenters. The predicted molar refractivity (Wildman–Crippen MR) is 98.3 cm³/mol. The summed E-state index contributed by atoms with van der Waals surface area (Å²) >= 11 is 6.27. The lowest BCUT2D eigenvalue weighted by molar-refractivity contribution is 0.0819. The van der Waals surface area contributed by atoms with E-state index in [2.05, 4.69) is 5.32 Å². The number of hydrogen-bond acceptors (Lipinski definition) is 3. The molecule has 3 aromatic rings. The summed E-state index contributed by atoms with van der Waals surface area (Å²) in [7, 11) is 0. The summed E-state index contributed by atoms with van der Waals surface area (Å²) in [5.74, 6) is -0.529. The van der Waals surface area contributed by atoms with Crippen LogP contribution in [0.25, 0.3) is 0 Å². The first-order chi connectivity index (χ1) is 12.1. The van der Waals surface area contributed by atoms with Gasteiger partial charge in [-0.15, -0.1) is 0 Å². The van der Waals surface area contributed by atoms with Gasteiger partial charge in [0.25, 0.3) is 0 Å². The number of halogens is 1. The average molecular weight is 348 g/mol. The normalized spacial score (nSPS) is 15.1. The fourth-order valence-electron chi connectivity index (χ4n) is 3.29. The Morgan fingerprint density at radius 1 is 0.680 bits per heavy atom. The Labute approximate surface area is 150 Å². The lowest BCUT2D eigenvalue weighted by atomic mass is 9.84. The van der Waals surface area contributed by atoms with Crippen molar-refractivity contribution in [2.24, 2.45) is 0 Å². The maximum Gasteiger partial charge on any atom is 0.201 e. The van der Waals surface area contributed by atoms with Crippen LogP contribution in [0.2, 0.25) is 5.02 Å². The zero-order valence-electron chi connectivity index (χ0n) is 13.2. The molecule has 1 N–H and O–H groups in total. The smallest absolute Gasteiger partial charge is 0.201 e. The number of anilines is 1. The van der Waals surface area contributed by atoms with Crippen molar-refractivity contribution < 1.29 is 9.59 Å². The SMILES string of the molecule is O=C1c2ccccc2C(=O)C1(Nc1ccccc1Cl)c1ccccc1. The molecule has 122 valence electrons. The standard InChI is InChI=1S/C21H14ClNO2/c22-17-12-6-7-13-18(17)23-21(14-8-2-1-3-9-14)19(24)15-10-4-5-11-16(15)20(21)25/h1-13,23H. The fraction of sp³-hybridized carbons (Fsp3) is 0.0476. The highest BCUT2D eigenvalue weighted by Crippen LogP contribution is 2.41. The van der Waals surface area contributed by atoms with Gasteiger partial charge in [-0.05, 0) is 17.7 Å². The van der Waals surface area contributed by atoms with E-state index in [9.17, 15) is 9.59 Å². The second-order valence-corrected chi connectivity index (χ2v) is 6.33. The maximum absolute atomic E-state index is 13.3. The van der Waals surface area contributed by atoms with Crippen LogP contribution in [0.1, 0.15) is 26.3 Å². The zero-order chi connectivity index (χ0) is 17.4. The number of benzene rings is 3. The molecule has 0 radical (unpaired) electrons. The first-order valence-corrected chi connectivity index (χ1v) is 8.29. The van der Waals surface area contributed by atoms with Crippen LogP contribution >= 0.6 is 11.6 Å². The molecule has 0 amide bonds. The highest BCUT2D eigenvalue weighted by atomic mass is 35.5. The summed E-state index contributed by atoms with van der Waals surface area (Å²) in [5, 5.41) is 3.61. The second-order valence-electron chi connectivity index (χ2n) is 5.92. The van der Waals surface area contributed by atoms with Crippen LogP contribution in [0, 0.1) is 0 Å². The van der Waals surface area contributed by atoms with Gasteiger partial charge in [0.15, 0.2) is 5.54 Å². The molecule has 1 aliphatic rings. The number of nitrogens with one attached hydrogen (secondary N) is 1. The summed E-state index contributed by atoms with van der Waals surface area (Å²) in [6.45, 7) is 0. The number of fused-ring (bicyclic) bond motifs is 1. The molecule has 3 aromatic carbocycles. The third-order valence-corrected chi connectivity index (χ3v) is 4.83. The summed E-state index contributed by atoms with van der Waals surface area (Å²) in [5.41, 5.74) is 0.492. The number of para-hydroxylation sites is 1.